The molecule has 164 valence electrons. The van der Waals surface area contributed by atoms with Crippen molar-refractivity contribution < 1.29 is 8.42 Å². The van der Waals surface area contributed by atoms with Crippen LogP contribution in [0.3, 0.4) is 0 Å². The van der Waals surface area contributed by atoms with Crippen LogP contribution in [0.25, 0.3) is 0 Å². The molecule has 0 aromatic heterocycles. The predicted octanol–water partition coefficient (Wildman–Crippen LogP) is 3.65. The van der Waals surface area contributed by atoms with Crippen LogP contribution in [0, 0.1) is 0 Å². The zero-order valence-electron chi connectivity index (χ0n) is 17.1. The van der Waals surface area contributed by atoms with Crippen LogP contribution in [0.5, 0.6) is 0 Å². The van der Waals surface area contributed by atoms with E-state index in [1.54, 1.807) is 24.3 Å². The summed E-state index contributed by atoms with van der Waals surface area (Å²) in [6.07, 6.45) is 2.25. The number of hydrogen-bond donors (Lipinski definition) is 3. The van der Waals surface area contributed by atoms with Crippen LogP contribution in [0.1, 0.15) is 30.9 Å². The molecule has 0 aliphatic heterocycles. The van der Waals surface area contributed by atoms with Gasteiger partial charge in [-0.25, -0.2) is 18.1 Å². The molecular formula is C21H28ClIN4O2S. The van der Waals surface area contributed by atoms with Crippen molar-refractivity contribution in [1.82, 2.24) is 15.4 Å². The van der Waals surface area contributed by atoms with Gasteiger partial charge in [-0.05, 0) is 62.2 Å². The number of hydrogen-bond acceptors (Lipinski definition) is 3. The molecular weight excluding hydrogens is 535 g/mol. The van der Waals surface area contributed by atoms with E-state index in [1.807, 2.05) is 25.1 Å². The summed E-state index contributed by atoms with van der Waals surface area (Å²) in [6, 6.07) is 14.8. The minimum Gasteiger partial charge on any atom is -0.357 e. The molecule has 0 heterocycles. The highest BCUT2D eigenvalue weighted by molar-refractivity contribution is 14.0. The predicted molar refractivity (Wildman–Crippen MR) is 133 cm³/mol. The van der Waals surface area contributed by atoms with E-state index in [0.29, 0.717) is 6.54 Å². The molecule has 0 spiro atoms. The summed E-state index contributed by atoms with van der Waals surface area (Å²) >= 11 is 6.16. The number of sulfonamides is 1. The topological polar surface area (TPSA) is 82.6 Å². The highest BCUT2D eigenvalue weighted by Crippen LogP contribution is 2.48. The molecule has 6 nitrogen and oxygen atoms in total. The Morgan fingerprint density at radius 1 is 1.13 bits per heavy atom. The lowest BCUT2D eigenvalue weighted by atomic mass is 9.96. The van der Waals surface area contributed by atoms with E-state index in [1.165, 1.54) is 12.6 Å². The van der Waals surface area contributed by atoms with Gasteiger partial charge in [-0.3, -0.25) is 0 Å². The lowest BCUT2D eigenvalue weighted by Crippen LogP contribution is -2.41. The summed E-state index contributed by atoms with van der Waals surface area (Å²) < 4.78 is 26.0. The number of halogens is 2. The molecule has 3 rings (SSSR count). The molecule has 2 aromatic carbocycles. The fraction of sp³-hybridized carbons (Fsp3) is 0.381. The lowest BCUT2D eigenvalue weighted by Gasteiger charge is -2.19. The summed E-state index contributed by atoms with van der Waals surface area (Å²) in [7, 11) is -2.02. The van der Waals surface area contributed by atoms with Gasteiger partial charge >= 0.3 is 0 Å². The average molecular weight is 563 g/mol. The number of rotatable bonds is 8. The van der Waals surface area contributed by atoms with Gasteiger partial charge < -0.3 is 10.6 Å². The van der Waals surface area contributed by atoms with Crippen LogP contribution in [-0.2, 0) is 22.0 Å². The van der Waals surface area contributed by atoms with Crippen molar-refractivity contribution in [2.24, 2.45) is 4.99 Å². The maximum atomic E-state index is 11.8. The van der Waals surface area contributed by atoms with Gasteiger partial charge in [0.2, 0.25) is 10.0 Å². The molecule has 1 aliphatic rings. The molecule has 2 aromatic rings. The molecule has 0 saturated heterocycles. The SMILES string of the molecule is CCNC(=NCc1ccc(S(=O)(=O)NC)cc1)NCC1(c2cccc(Cl)c2)CC1.I. The third kappa shape index (κ3) is 6.32. The molecule has 0 atom stereocenters. The molecule has 3 N–H and O–H groups in total. The van der Waals surface area contributed by atoms with E-state index in [4.69, 9.17) is 11.6 Å². The zero-order chi connectivity index (χ0) is 20.9. The average Bonchev–Trinajstić information content (AvgIpc) is 3.52. The number of aliphatic imine (C=N–C) groups is 1. The van der Waals surface area contributed by atoms with E-state index in [2.05, 4.69) is 26.4 Å². The van der Waals surface area contributed by atoms with Crippen LogP contribution in [-0.4, -0.2) is 34.5 Å². The Morgan fingerprint density at radius 2 is 1.83 bits per heavy atom. The fourth-order valence-electron chi connectivity index (χ4n) is 3.19. The highest BCUT2D eigenvalue weighted by Gasteiger charge is 2.44. The summed E-state index contributed by atoms with van der Waals surface area (Å²) in [5.41, 5.74) is 2.31. The molecule has 1 saturated carbocycles. The largest absolute Gasteiger partial charge is 0.357 e. The zero-order valence-corrected chi connectivity index (χ0v) is 21.0. The third-order valence-electron chi connectivity index (χ3n) is 5.15. The quantitative estimate of drug-likeness (QED) is 0.261. The monoisotopic (exact) mass is 562 g/mol. The Hall–Kier alpha value is -1.36. The van der Waals surface area contributed by atoms with Crippen molar-refractivity contribution in [3.63, 3.8) is 0 Å². The Kier molecular flexibility index (Phi) is 8.96. The number of benzene rings is 2. The van der Waals surface area contributed by atoms with Crippen LogP contribution in [0.4, 0.5) is 0 Å². The maximum absolute atomic E-state index is 11.8. The first-order valence-electron chi connectivity index (χ1n) is 9.69. The first kappa shape index (κ1) is 24.9. The van der Waals surface area contributed by atoms with Crippen LogP contribution in [0.15, 0.2) is 58.4 Å². The molecule has 0 bridgehead atoms. The van der Waals surface area contributed by atoms with Gasteiger partial charge in [0.25, 0.3) is 0 Å². The van der Waals surface area contributed by atoms with Crippen LogP contribution < -0.4 is 15.4 Å². The van der Waals surface area contributed by atoms with E-state index in [-0.39, 0.29) is 34.3 Å². The van der Waals surface area contributed by atoms with Crippen molar-refractivity contribution in [3.05, 3.63) is 64.7 Å². The second kappa shape index (κ2) is 10.8. The van der Waals surface area contributed by atoms with Crippen LogP contribution in [0.2, 0.25) is 5.02 Å². The Morgan fingerprint density at radius 3 is 2.40 bits per heavy atom. The normalized spacial score (nSPS) is 15.2. The van der Waals surface area contributed by atoms with E-state index < -0.39 is 10.0 Å². The highest BCUT2D eigenvalue weighted by atomic mass is 127. The van der Waals surface area contributed by atoms with Gasteiger partial charge in [0.05, 0.1) is 11.4 Å². The molecule has 0 radical (unpaired) electrons. The molecule has 1 aliphatic carbocycles. The van der Waals surface area contributed by atoms with Crippen molar-refractivity contribution in [2.75, 3.05) is 20.1 Å². The van der Waals surface area contributed by atoms with E-state index in [0.717, 1.165) is 42.5 Å². The molecule has 1 fully saturated rings. The third-order valence-corrected chi connectivity index (χ3v) is 6.82. The van der Waals surface area contributed by atoms with E-state index in [9.17, 15) is 8.42 Å². The smallest absolute Gasteiger partial charge is 0.240 e. The summed E-state index contributed by atoms with van der Waals surface area (Å²) in [6.45, 7) is 4.03. The summed E-state index contributed by atoms with van der Waals surface area (Å²) in [4.78, 5) is 4.89. The molecule has 9 heteroatoms. The second-order valence-corrected chi connectivity index (χ2v) is 9.51. The summed E-state index contributed by atoms with van der Waals surface area (Å²) in [5.74, 6) is 0.743. The minimum atomic E-state index is -3.42. The Bertz CT molecular complexity index is 977. The first-order chi connectivity index (χ1) is 13.9. The standard InChI is InChI=1S/C21H27ClN4O2S.HI/c1-3-24-20(25-14-16-7-9-19(10-8-16)29(27,28)23-2)26-15-21(11-12-21)17-5-4-6-18(22)13-17;/h4-10,13,23H,3,11-12,14-15H2,1-2H3,(H2,24,25,26);1H. The molecule has 0 amide bonds. The second-order valence-electron chi connectivity index (χ2n) is 7.19. The Balaban J connectivity index is 0.00000320. The molecule has 30 heavy (non-hydrogen) atoms. The maximum Gasteiger partial charge on any atom is 0.240 e. The lowest BCUT2D eigenvalue weighted by molar-refractivity contribution is 0.588. The minimum absolute atomic E-state index is 0. The Labute approximate surface area is 201 Å². The van der Waals surface area contributed by atoms with E-state index >= 15 is 0 Å². The van der Waals surface area contributed by atoms with Crippen LogP contribution >= 0.6 is 35.6 Å². The van der Waals surface area contributed by atoms with Crippen molar-refractivity contribution in [1.29, 1.82) is 0 Å². The van der Waals surface area contributed by atoms with Gasteiger partial charge in [-0.15, -0.1) is 24.0 Å². The van der Waals surface area contributed by atoms with Gasteiger partial charge in [-0.2, -0.15) is 0 Å². The first-order valence-corrected chi connectivity index (χ1v) is 11.6. The van der Waals surface area contributed by atoms with Gasteiger partial charge in [0.15, 0.2) is 5.96 Å². The van der Waals surface area contributed by atoms with Crippen molar-refractivity contribution in [3.8, 4) is 0 Å². The number of nitrogens with one attached hydrogen (secondary N) is 3. The van der Waals surface area contributed by atoms with Gasteiger partial charge in [0.1, 0.15) is 0 Å². The molecule has 0 unspecified atom stereocenters. The summed E-state index contributed by atoms with van der Waals surface area (Å²) in [5, 5.41) is 7.48. The van der Waals surface area contributed by atoms with Crippen molar-refractivity contribution in [2.45, 2.75) is 36.6 Å². The van der Waals surface area contributed by atoms with Gasteiger partial charge in [-0.1, -0.05) is 35.9 Å². The van der Waals surface area contributed by atoms with Crippen molar-refractivity contribution >= 4 is 51.6 Å². The number of nitrogens with zero attached hydrogens (tertiary/aromatic N) is 1. The fourth-order valence-corrected chi connectivity index (χ4v) is 4.11. The van der Waals surface area contributed by atoms with Gasteiger partial charge in [0, 0.05) is 23.5 Å². The number of guanidine groups is 1.